The van der Waals surface area contributed by atoms with E-state index in [0.29, 0.717) is 0 Å². The average molecular weight is 449 g/mol. The smallest absolute Gasteiger partial charge is 0.176 e. The first-order valence-electron chi connectivity index (χ1n) is 11.4. The number of hydrogen-bond acceptors (Lipinski definition) is 2. The van der Waals surface area contributed by atoms with E-state index in [1.807, 2.05) is 12.1 Å². The SMILES string of the molecule is CC1OP(Cc2c3ccccc3cc3ccccc23)OC1(c1ccccc1)c1ccccc1. The van der Waals surface area contributed by atoms with Gasteiger partial charge in [0, 0.05) is 6.16 Å². The van der Waals surface area contributed by atoms with Crippen molar-refractivity contribution in [2.75, 3.05) is 0 Å². The number of rotatable bonds is 4. The molecule has 1 fully saturated rings. The fraction of sp³-hybridized carbons (Fsp3) is 0.133. The van der Waals surface area contributed by atoms with Crippen LogP contribution in [-0.2, 0) is 20.8 Å². The quantitative estimate of drug-likeness (QED) is 0.204. The minimum absolute atomic E-state index is 0.102. The van der Waals surface area contributed by atoms with Crippen LogP contribution < -0.4 is 0 Å². The van der Waals surface area contributed by atoms with Gasteiger partial charge in [0.25, 0.3) is 0 Å². The van der Waals surface area contributed by atoms with Crippen LogP contribution in [0, 0.1) is 0 Å². The van der Waals surface area contributed by atoms with Crippen molar-refractivity contribution in [3.05, 3.63) is 132 Å². The Morgan fingerprint density at radius 2 is 1.15 bits per heavy atom. The van der Waals surface area contributed by atoms with E-state index in [9.17, 15) is 0 Å². The summed E-state index contributed by atoms with van der Waals surface area (Å²) >= 11 is 0. The fourth-order valence-corrected chi connectivity index (χ4v) is 7.06. The van der Waals surface area contributed by atoms with Gasteiger partial charge in [0.15, 0.2) is 14.0 Å². The molecule has 1 aliphatic heterocycles. The molecule has 2 nitrogen and oxygen atoms in total. The maximum Gasteiger partial charge on any atom is 0.176 e. The van der Waals surface area contributed by atoms with Gasteiger partial charge in [-0.05, 0) is 51.2 Å². The summed E-state index contributed by atoms with van der Waals surface area (Å²) in [5.41, 5.74) is 2.96. The molecule has 5 aromatic rings. The molecular formula is C30H25O2P. The number of hydrogen-bond donors (Lipinski definition) is 0. The van der Waals surface area contributed by atoms with Crippen LogP contribution in [0.1, 0.15) is 23.6 Å². The molecule has 6 rings (SSSR count). The molecule has 2 atom stereocenters. The molecular weight excluding hydrogens is 423 g/mol. The van der Waals surface area contributed by atoms with Crippen LogP contribution in [-0.4, -0.2) is 6.10 Å². The highest BCUT2D eigenvalue weighted by Crippen LogP contribution is 2.61. The summed E-state index contributed by atoms with van der Waals surface area (Å²) in [6, 6.07) is 40.5. The van der Waals surface area contributed by atoms with Crippen molar-refractivity contribution in [3.63, 3.8) is 0 Å². The van der Waals surface area contributed by atoms with Crippen molar-refractivity contribution < 1.29 is 9.05 Å². The first-order valence-corrected chi connectivity index (χ1v) is 12.8. The predicted molar refractivity (Wildman–Crippen MR) is 137 cm³/mol. The van der Waals surface area contributed by atoms with Crippen LogP contribution in [0.25, 0.3) is 21.5 Å². The lowest BCUT2D eigenvalue weighted by molar-refractivity contribution is 0.0857. The normalized spacial score (nSPS) is 19.8. The Labute approximate surface area is 195 Å². The Hall–Kier alpha value is -3.03. The fourth-order valence-electron chi connectivity index (χ4n) is 5.10. The van der Waals surface area contributed by atoms with Gasteiger partial charge in [0.2, 0.25) is 0 Å². The Bertz CT molecular complexity index is 1320. The highest BCUT2D eigenvalue weighted by atomic mass is 31.2. The Morgan fingerprint density at radius 3 is 1.70 bits per heavy atom. The molecule has 0 amide bonds. The van der Waals surface area contributed by atoms with E-state index in [1.54, 1.807) is 0 Å². The predicted octanol–water partition coefficient (Wildman–Crippen LogP) is 8.18. The monoisotopic (exact) mass is 448 g/mol. The third-order valence-corrected chi connectivity index (χ3v) is 8.29. The van der Waals surface area contributed by atoms with E-state index in [2.05, 4.69) is 110 Å². The first kappa shape index (κ1) is 20.6. The van der Waals surface area contributed by atoms with Crippen LogP contribution in [0.5, 0.6) is 0 Å². The molecule has 1 aliphatic rings. The molecule has 0 radical (unpaired) electrons. The maximum atomic E-state index is 6.98. The lowest BCUT2D eigenvalue weighted by atomic mass is 9.82. The highest BCUT2D eigenvalue weighted by molar-refractivity contribution is 7.46. The number of benzene rings is 5. The van der Waals surface area contributed by atoms with Gasteiger partial charge in [0.1, 0.15) is 0 Å². The summed E-state index contributed by atoms with van der Waals surface area (Å²) in [5, 5.41) is 5.06. The van der Waals surface area contributed by atoms with Crippen molar-refractivity contribution in [2.45, 2.75) is 24.8 Å². The summed E-state index contributed by atoms with van der Waals surface area (Å²) in [4.78, 5) is 0. The van der Waals surface area contributed by atoms with Crippen LogP contribution in [0.4, 0.5) is 0 Å². The minimum Gasteiger partial charge on any atom is -0.327 e. The molecule has 162 valence electrons. The second-order valence-corrected chi connectivity index (χ2v) is 9.97. The standard InChI is InChI=1S/C30H25O2P/c1-22-30(25-14-4-2-5-15-25,26-16-6-3-7-17-26)32-33(31-22)21-29-27-18-10-8-12-23(27)20-24-13-9-11-19-28(24)29/h2-20,22H,21H2,1H3. The molecule has 0 saturated carbocycles. The molecule has 33 heavy (non-hydrogen) atoms. The van der Waals surface area contributed by atoms with Crippen molar-refractivity contribution in [2.24, 2.45) is 0 Å². The second-order valence-electron chi connectivity index (χ2n) is 8.59. The molecule has 0 aromatic heterocycles. The van der Waals surface area contributed by atoms with Gasteiger partial charge in [-0.3, -0.25) is 0 Å². The van der Waals surface area contributed by atoms with E-state index in [1.165, 1.54) is 27.1 Å². The Morgan fingerprint density at radius 1 is 0.667 bits per heavy atom. The molecule has 2 unspecified atom stereocenters. The molecule has 1 saturated heterocycles. The summed E-state index contributed by atoms with van der Waals surface area (Å²) in [6.45, 7) is 2.14. The highest BCUT2D eigenvalue weighted by Gasteiger charge is 2.50. The second kappa shape index (κ2) is 8.39. The van der Waals surface area contributed by atoms with Gasteiger partial charge in [0.05, 0.1) is 6.10 Å². The van der Waals surface area contributed by atoms with E-state index in [-0.39, 0.29) is 6.10 Å². The van der Waals surface area contributed by atoms with Crippen LogP contribution >= 0.6 is 8.38 Å². The zero-order valence-electron chi connectivity index (χ0n) is 18.5. The van der Waals surface area contributed by atoms with E-state index in [4.69, 9.17) is 9.05 Å². The van der Waals surface area contributed by atoms with Gasteiger partial charge < -0.3 is 9.05 Å². The molecule has 0 N–H and O–H groups in total. The zero-order valence-corrected chi connectivity index (χ0v) is 19.4. The van der Waals surface area contributed by atoms with Crippen molar-refractivity contribution in [1.29, 1.82) is 0 Å². The molecule has 3 heteroatoms. The van der Waals surface area contributed by atoms with Crippen LogP contribution in [0.3, 0.4) is 0 Å². The van der Waals surface area contributed by atoms with Crippen molar-refractivity contribution in [3.8, 4) is 0 Å². The molecule has 5 aromatic carbocycles. The summed E-state index contributed by atoms with van der Waals surface area (Å²) in [5.74, 6) is 0. The number of fused-ring (bicyclic) bond motifs is 2. The van der Waals surface area contributed by atoms with E-state index in [0.717, 1.165) is 17.3 Å². The molecule has 0 bridgehead atoms. The molecule has 0 aliphatic carbocycles. The largest absolute Gasteiger partial charge is 0.327 e. The third-order valence-electron chi connectivity index (χ3n) is 6.67. The maximum absolute atomic E-state index is 6.98. The lowest BCUT2D eigenvalue weighted by Gasteiger charge is -2.32. The third kappa shape index (κ3) is 3.47. The van der Waals surface area contributed by atoms with Gasteiger partial charge in [-0.15, -0.1) is 0 Å². The van der Waals surface area contributed by atoms with E-state index >= 15 is 0 Å². The summed E-state index contributed by atoms with van der Waals surface area (Å²) in [7, 11) is -1.14. The van der Waals surface area contributed by atoms with Gasteiger partial charge in [-0.1, -0.05) is 109 Å². The average Bonchev–Trinajstić information content (AvgIpc) is 3.21. The lowest BCUT2D eigenvalue weighted by Crippen LogP contribution is -2.36. The topological polar surface area (TPSA) is 18.5 Å². The van der Waals surface area contributed by atoms with Crippen molar-refractivity contribution >= 4 is 29.9 Å². The van der Waals surface area contributed by atoms with Gasteiger partial charge in [-0.25, -0.2) is 0 Å². The summed E-state index contributed by atoms with van der Waals surface area (Å²) in [6.07, 6.45) is 0.651. The summed E-state index contributed by atoms with van der Waals surface area (Å²) < 4.78 is 13.6. The van der Waals surface area contributed by atoms with Gasteiger partial charge >= 0.3 is 0 Å². The minimum atomic E-state index is -1.14. The van der Waals surface area contributed by atoms with Crippen LogP contribution in [0.2, 0.25) is 0 Å². The molecule has 0 spiro atoms. The van der Waals surface area contributed by atoms with E-state index < -0.39 is 14.0 Å². The van der Waals surface area contributed by atoms with Gasteiger partial charge in [-0.2, -0.15) is 0 Å². The Kier molecular flexibility index (Phi) is 5.23. The first-order chi connectivity index (χ1) is 16.3. The zero-order chi connectivity index (χ0) is 22.3. The van der Waals surface area contributed by atoms with Crippen LogP contribution in [0.15, 0.2) is 115 Å². The Balaban J connectivity index is 1.46. The molecule has 1 heterocycles. The van der Waals surface area contributed by atoms with Crippen molar-refractivity contribution in [1.82, 2.24) is 0 Å².